The predicted molar refractivity (Wildman–Crippen MR) is 83.9 cm³/mol. The number of nitrogens with zero attached hydrogens (tertiary/aromatic N) is 3. The van der Waals surface area contributed by atoms with Gasteiger partial charge in [-0.05, 0) is 31.9 Å². The Bertz CT molecular complexity index is 700. The smallest absolute Gasteiger partial charge is 0.160 e. The van der Waals surface area contributed by atoms with E-state index in [1.807, 2.05) is 6.92 Å². The van der Waals surface area contributed by atoms with Gasteiger partial charge in [-0.2, -0.15) is 0 Å². The van der Waals surface area contributed by atoms with Crippen LogP contribution in [0.15, 0.2) is 12.5 Å². The number of ketones is 1. The molecule has 0 aromatic carbocycles. The van der Waals surface area contributed by atoms with Gasteiger partial charge in [0.15, 0.2) is 11.4 Å². The van der Waals surface area contributed by atoms with Crippen LogP contribution in [0, 0.1) is 6.92 Å². The zero-order chi connectivity index (χ0) is 15.7. The fraction of sp³-hybridized carbons (Fsp3) is 0.533. The summed E-state index contributed by atoms with van der Waals surface area (Å²) in [4.78, 5) is 20.8. The van der Waals surface area contributed by atoms with Crippen LogP contribution >= 0.6 is 11.6 Å². The van der Waals surface area contributed by atoms with Crippen LogP contribution in [0.3, 0.4) is 0 Å². The molecule has 0 aliphatic carbocycles. The minimum atomic E-state index is -0.448. The van der Waals surface area contributed by atoms with E-state index in [-0.39, 0.29) is 18.4 Å². The molecular weight excluding hydrogens is 304 g/mol. The average Bonchev–Trinajstić information content (AvgIpc) is 2.89. The van der Waals surface area contributed by atoms with E-state index in [4.69, 9.17) is 11.6 Å². The van der Waals surface area contributed by atoms with Crippen LogP contribution in [0.5, 0.6) is 0 Å². The maximum atomic E-state index is 12.3. The quantitative estimate of drug-likeness (QED) is 0.891. The number of nitrogens with one attached hydrogen (secondary N) is 1. The van der Waals surface area contributed by atoms with E-state index in [9.17, 15) is 9.90 Å². The van der Waals surface area contributed by atoms with Gasteiger partial charge < -0.3 is 15.0 Å². The molecule has 0 spiro atoms. The number of aliphatic hydroxyl groups excluding tert-OH is 1. The van der Waals surface area contributed by atoms with Gasteiger partial charge in [0.1, 0.15) is 5.52 Å². The Morgan fingerprint density at radius 3 is 3.14 bits per heavy atom. The number of carbonyl (C=O) groups excluding carboxylic acids is 1. The van der Waals surface area contributed by atoms with Gasteiger partial charge in [0.2, 0.25) is 0 Å². The molecule has 0 saturated carbocycles. The largest absolute Gasteiger partial charge is 0.391 e. The molecule has 2 atom stereocenters. The highest BCUT2D eigenvalue weighted by Crippen LogP contribution is 2.22. The summed E-state index contributed by atoms with van der Waals surface area (Å²) in [5, 5.41) is 13.7. The van der Waals surface area contributed by atoms with Gasteiger partial charge in [-0.25, -0.2) is 9.97 Å². The lowest BCUT2D eigenvalue weighted by atomic mass is 9.97. The normalized spacial score (nSPS) is 22.1. The summed E-state index contributed by atoms with van der Waals surface area (Å²) in [7, 11) is 0. The Labute approximate surface area is 133 Å². The van der Waals surface area contributed by atoms with E-state index in [0.717, 1.165) is 30.5 Å². The van der Waals surface area contributed by atoms with Crippen molar-refractivity contribution in [2.75, 3.05) is 6.54 Å². The lowest BCUT2D eigenvalue weighted by Gasteiger charge is -2.28. The fourth-order valence-corrected chi connectivity index (χ4v) is 3.00. The van der Waals surface area contributed by atoms with Crippen molar-refractivity contribution in [3.8, 4) is 0 Å². The van der Waals surface area contributed by atoms with E-state index >= 15 is 0 Å². The molecule has 3 rings (SSSR count). The summed E-state index contributed by atoms with van der Waals surface area (Å²) in [5.74, 6) is 0.0483. The molecule has 0 unspecified atom stereocenters. The topological polar surface area (TPSA) is 80.0 Å². The fourth-order valence-electron chi connectivity index (χ4n) is 2.86. The van der Waals surface area contributed by atoms with Gasteiger partial charge in [-0.15, -0.1) is 0 Å². The molecule has 0 bridgehead atoms. The van der Waals surface area contributed by atoms with Crippen molar-refractivity contribution < 1.29 is 9.90 Å². The van der Waals surface area contributed by atoms with Crippen LogP contribution in [-0.4, -0.2) is 44.1 Å². The zero-order valence-electron chi connectivity index (χ0n) is 12.4. The number of piperidine rings is 1. The molecule has 118 valence electrons. The monoisotopic (exact) mass is 322 g/mol. The Hall–Kier alpha value is -1.50. The van der Waals surface area contributed by atoms with Gasteiger partial charge in [-0.3, -0.25) is 4.79 Å². The second-order valence-electron chi connectivity index (χ2n) is 5.79. The first-order chi connectivity index (χ1) is 10.6. The van der Waals surface area contributed by atoms with E-state index < -0.39 is 6.10 Å². The molecule has 22 heavy (non-hydrogen) atoms. The standard InChI is InChI=1S/C15H19ClN4O2/c1-9-11(16)6-18-15-14(9)19-8-20(15)7-10(21)5-12-13(22)3-2-4-17-12/h6,8,12-13,17,22H,2-5,7H2,1H3/t12-,13+/m1/s1. The maximum Gasteiger partial charge on any atom is 0.160 e. The number of rotatable bonds is 4. The Balaban J connectivity index is 1.73. The first-order valence-electron chi connectivity index (χ1n) is 7.45. The van der Waals surface area contributed by atoms with Gasteiger partial charge >= 0.3 is 0 Å². The van der Waals surface area contributed by atoms with Crippen molar-refractivity contribution in [1.82, 2.24) is 19.9 Å². The molecule has 1 saturated heterocycles. The van der Waals surface area contributed by atoms with Crippen LogP contribution in [0.25, 0.3) is 11.2 Å². The predicted octanol–water partition coefficient (Wildman–Crippen LogP) is 1.47. The van der Waals surface area contributed by atoms with E-state index in [1.54, 1.807) is 17.1 Å². The third-order valence-corrected chi connectivity index (χ3v) is 4.55. The van der Waals surface area contributed by atoms with E-state index in [1.165, 1.54) is 0 Å². The van der Waals surface area contributed by atoms with E-state index in [0.29, 0.717) is 17.1 Å². The Morgan fingerprint density at radius 1 is 1.55 bits per heavy atom. The second-order valence-corrected chi connectivity index (χ2v) is 6.20. The van der Waals surface area contributed by atoms with Gasteiger partial charge in [0, 0.05) is 18.7 Å². The number of hydrogen-bond acceptors (Lipinski definition) is 5. The highest BCUT2D eigenvalue weighted by molar-refractivity contribution is 6.31. The van der Waals surface area contributed by atoms with Gasteiger partial charge in [-0.1, -0.05) is 11.6 Å². The van der Waals surface area contributed by atoms with Crippen LogP contribution < -0.4 is 5.32 Å². The molecule has 2 aromatic heterocycles. The summed E-state index contributed by atoms with van der Waals surface area (Å²) in [6.07, 6.45) is 4.75. The summed E-state index contributed by atoms with van der Waals surface area (Å²) in [5.41, 5.74) is 2.24. The number of fused-ring (bicyclic) bond motifs is 1. The molecule has 1 fully saturated rings. The summed E-state index contributed by atoms with van der Waals surface area (Å²) >= 11 is 6.03. The Morgan fingerprint density at radius 2 is 2.36 bits per heavy atom. The molecule has 7 heteroatoms. The van der Waals surface area contributed by atoms with Gasteiger partial charge in [0.25, 0.3) is 0 Å². The number of hydrogen-bond donors (Lipinski definition) is 2. The highest BCUT2D eigenvalue weighted by atomic mass is 35.5. The number of Topliss-reactive ketones (excluding diaryl/α,β-unsaturated/α-hetero) is 1. The summed E-state index contributed by atoms with van der Waals surface area (Å²) in [6, 6.07) is -0.153. The number of halogens is 1. The molecule has 0 amide bonds. The molecule has 3 heterocycles. The van der Waals surface area contributed by atoms with Crippen molar-refractivity contribution in [3.05, 3.63) is 23.1 Å². The molecule has 1 aliphatic rings. The summed E-state index contributed by atoms with van der Waals surface area (Å²) in [6.45, 7) is 2.94. The minimum Gasteiger partial charge on any atom is -0.391 e. The summed E-state index contributed by atoms with van der Waals surface area (Å²) < 4.78 is 1.73. The molecule has 1 aliphatic heterocycles. The molecule has 2 N–H and O–H groups in total. The molecule has 0 radical (unpaired) electrons. The van der Waals surface area contributed by atoms with Crippen LogP contribution in [0.1, 0.15) is 24.8 Å². The van der Waals surface area contributed by atoms with Gasteiger partial charge in [0.05, 0.1) is 24.0 Å². The third-order valence-electron chi connectivity index (χ3n) is 4.17. The lowest BCUT2D eigenvalue weighted by molar-refractivity contribution is -0.121. The number of imidazole rings is 1. The number of aliphatic hydroxyl groups is 1. The molecular formula is C15H19ClN4O2. The number of aromatic nitrogens is 3. The van der Waals surface area contributed by atoms with Crippen molar-refractivity contribution in [2.24, 2.45) is 0 Å². The number of carbonyl (C=O) groups is 1. The zero-order valence-corrected chi connectivity index (χ0v) is 13.2. The van der Waals surface area contributed by atoms with Crippen molar-refractivity contribution in [1.29, 1.82) is 0 Å². The molecule has 6 nitrogen and oxygen atoms in total. The van der Waals surface area contributed by atoms with Crippen molar-refractivity contribution in [3.63, 3.8) is 0 Å². The lowest BCUT2D eigenvalue weighted by Crippen LogP contribution is -2.46. The third kappa shape index (κ3) is 2.99. The van der Waals surface area contributed by atoms with Crippen molar-refractivity contribution >= 4 is 28.5 Å². The number of aryl methyl sites for hydroxylation is 1. The maximum absolute atomic E-state index is 12.3. The van der Waals surface area contributed by atoms with Crippen LogP contribution in [0.2, 0.25) is 5.02 Å². The minimum absolute atomic E-state index is 0.0483. The first-order valence-corrected chi connectivity index (χ1v) is 7.83. The van der Waals surface area contributed by atoms with Crippen LogP contribution in [-0.2, 0) is 11.3 Å². The average molecular weight is 323 g/mol. The Kier molecular flexibility index (Phi) is 4.42. The number of pyridine rings is 1. The van der Waals surface area contributed by atoms with Crippen molar-refractivity contribution in [2.45, 2.75) is 44.9 Å². The van der Waals surface area contributed by atoms with E-state index in [2.05, 4.69) is 15.3 Å². The second kappa shape index (κ2) is 6.32. The van der Waals surface area contributed by atoms with Crippen LogP contribution in [0.4, 0.5) is 0 Å². The molecule has 2 aromatic rings. The highest BCUT2D eigenvalue weighted by Gasteiger charge is 2.25. The SMILES string of the molecule is Cc1c(Cl)cnc2c1ncn2CC(=O)C[C@H]1NCCC[C@@H]1O. The first kappa shape index (κ1) is 15.4.